The highest BCUT2D eigenvalue weighted by molar-refractivity contribution is 5.12. The summed E-state index contributed by atoms with van der Waals surface area (Å²) < 4.78 is 0. The Labute approximate surface area is 150 Å². The van der Waals surface area contributed by atoms with Gasteiger partial charge in [0.15, 0.2) is 0 Å². The Hall–Kier alpha value is -0.510. The number of nitrogens with zero attached hydrogens (tertiary/aromatic N) is 1. The van der Waals surface area contributed by atoms with Crippen LogP contribution in [-0.2, 0) is 0 Å². The van der Waals surface area contributed by atoms with Crippen LogP contribution in [0.15, 0.2) is 0 Å². The molecule has 0 aromatic rings. The maximum Gasteiger partial charge on any atom is 0.240 e. The van der Waals surface area contributed by atoms with Crippen LogP contribution < -0.4 is 0 Å². The molecule has 0 bridgehead atoms. The molecule has 136 valence electrons. The minimum Gasteiger partial charge on any atom is -0.309 e. The maximum atomic E-state index is 8.46. The molecule has 0 atom stereocenters. The molecule has 3 aliphatic rings. The second-order valence-corrected chi connectivity index (χ2v) is 9.06. The number of rotatable bonds is 3. The van der Waals surface area contributed by atoms with Crippen LogP contribution in [0.5, 0.6) is 0 Å². The summed E-state index contributed by atoms with van der Waals surface area (Å²) in [6.07, 6.45) is 25.0. The van der Waals surface area contributed by atoms with Crippen LogP contribution in [0.2, 0.25) is 0 Å². The Morgan fingerprint density at radius 3 is 0.917 bits per heavy atom. The fourth-order valence-electron chi connectivity index (χ4n) is 6.50. The minimum absolute atomic E-state index is 0.0129. The molecule has 3 aliphatic carbocycles. The molecule has 3 saturated carbocycles. The van der Waals surface area contributed by atoms with Gasteiger partial charge in [0.25, 0.3) is 0 Å². The first-order valence-electron chi connectivity index (χ1n) is 11.3. The van der Waals surface area contributed by atoms with Gasteiger partial charge >= 0.3 is 0 Å². The van der Waals surface area contributed by atoms with Crippen LogP contribution in [0.25, 0.3) is 4.85 Å². The number of hydrogen-bond donors (Lipinski definition) is 0. The Kier molecular flexibility index (Phi) is 7.06. The van der Waals surface area contributed by atoms with Crippen molar-refractivity contribution < 1.29 is 0 Å². The number of hydrogen-bond acceptors (Lipinski definition) is 0. The zero-order chi connectivity index (χ0) is 16.7. The smallest absolute Gasteiger partial charge is 0.240 e. The molecule has 0 N–H and O–H groups in total. The highest BCUT2D eigenvalue weighted by Gasteiger charge is 2.56. The van der Waals surface area contributed by atoms with Crippen molar-refractivity contribution in [3.05, 3.63) is 11.4 Å². The van der Waals surface area contributed by atoms with Gasteiger partial charge in [-0.25, -0.2) is 6.57 Å². The highest BCUT2D eigenvalue weighted by Crippen LogP contribution is 2.51. The third kappa shape index (κ3) is 4.00. The summed E-state index contributed by atoms with van der Waals surface area (Å²) in [5.74, 6) is 2.14. The molecule has 0 unspecified atom stereocenters. The molecular formula is C23H39N. The Balaban J connectivity index is 1.91. The summed E-state index contributed by atoms with van der Waals surface area (Å²) >= 11 is 0. The first-order valence-corrected chi connectivity index (χ1v) is 11.3. The van der Waals surface area contributed by atoms with E-state index in [9.17, 15) is 0 Å². The fourth-order valence-corrected chi connectivity index (χ4v) is 6.50. The van der Waals surface area contributed by atoms with E-state index < -0.39 is 0 Å². The van der Waals surface area contributed by atoms with Crippen molar-refractivity contribution >= 4 is 0 Å². The van der Waals surface area contributed by atoms with E-state index in [1.165, 1.54) is 116 Å². The first-order chi connectivity index (χ1) is 11.9. The summed E-state index contributed by atoms with van der Waals surface area (Å²) in [5, 5.41) is 0. The largest absolute Gasteiger partial charge is 0.309 e. The molecule has 0 radical (unpaired) electrons. The quantitative estimate of drug-likeness (QED) is 0.372. The molecular weight excluding hydrogens is 290 g/mol. The summed E-state index contributed by atoms with van der Waals surface area (Å²) in [7, 11) is 0. The van der Waals surface area contributed by atoms with Gasteiger partial charge in [-0.2, -0.15) is 0 Å². The van der Waals surface area contributed by atoms with E-state index in [0.29, 0.717) is 17.8 Å². The van der Waals surface area contributed by atoms with Gasteiger partial charge in [-0.15, -0.1) is 0 Å². The molecule has 3 rings (SSSR count). The van der Waals surface area contributed by atoms with E-state index in [-0.39, 0.29) is 5.54 Å². The SMILES string of the molecule is [C-]#[N+]C(C1CCCCCC1)(C1CCCCCC1)C1CCCCCC1. The van der Waals surface area contributed by atoms with Gasteiger partial charge in [0.2, 0.25) is 5.54 Å². The summed E-state index contributed by atoms with van der Waals surface area (Å²) in [4.78, 5) is 4.67. The summed E-state index contributed by atoms with van der Waals surface area (Å²) in [5.41, 5.74) is 0.0129. The standard InChI is InChI=1S/C23H39N/c1-24-23(20-14-8-2-3-9-15-20,21-16-10-4-5-11-17-21)22-18-12-6-7-13-19-22/h20-22H,2-19H2. The molecule has 0 spiro atoms. The van der Waals surface area contributed by atoms with Gasteiger partial charge in [-0.05, 0) is 38.5 Å². The molecule has 0 saturated heterocycles. The van der Waals surface area contributed by atoms with Gasteiger partial charge in [0, 0.05) is 17.8 Å². The first kappa shape index (κ1) is 18.3. The van der Waals surface area contributed by atoms with Crippen molar-refractivity contribution in [2.24, 2.45) is 17.8 Å². The molecule has 0 aromatic carbocycles. The molecule has 1 heteroatoms. The predicted molar refractivity (Wildman–Crippen MR) is 103 cm³/mol. The van der Waals surface area contributed by atoms with Gasteiger partial charge < -0.3 is 4.85 Å². The van der Waals surface area contributed by atoms with Crippen molar-refractivity contribution in [1.29, 1.82) is 0 Å². The lowest BCUT2D eigenvalue weighted by Crippen LogP contribution is -2.48. The van der Waals surface area contributed by atoms with E-state index in [4.69, 9.17) is 6.57 Å². The van der Waals surface area contributed by atoms with Crippen molar-refractivity contribution in [2.45, 2.75) is 121 Å². The lowest BCUT2D eigenvalue weighted by Gasteiger charge is -2.42. The lowest BCUT2D eigenvalue weighted by atomic mass is 9.60. The molecule has 0 aliphatic heterocycles. The Bertz CT molecular complexity index is 332. The van der Waals surface area contributed by atoms with E-state index in [1.54, 1.807) is 0 Å². The van der Waals surface area contributed by atoms with Crippen LogP contribution >= 0.6 is 0 Å². The van der Waals surface area contributed by atoms with Crippen LogP contribution in [0.4, 0.5) is 0 Å². The van der Waals surface area contributed by atoms with Crippen LogP contribution in [0.3, 0.4) is 0 Å². The molecule has 3 fully saturated rings. The van der Waals surface area contributed by atoms with Crippen LogP contribution in [0.1, 0.15) is 116 Å². The second kappa shape index (κ2) is 9.26. The summed E-state index contributed by atoms with van der Waals surface area (Å²) in [6.45, 7) is 8.46. The lowest BCUT2D eigenvalue weighted by molar-refractivity contribution is 0.101. The second-order valence-electron chi connectivity index (χ2n) is 9.06. The van der Waals surface area contributed by atoms with Gasteiger partial charge in [-0.3, -0.25) is 0 Å². The topological polar surface area (TPSA) is 4.36 Å². The highest BCUT2D eigenvalue weighted by atomic mass is 14.9. The van der Waals surface area contributed by atoms with E-state index in [2.05, 4.69) is 4.85 Å². The predicted octanol–water partition coefficient (Wildman–Crippen LogP) is 7.56. The molecule has 0 heterocycles. The minimum atomic E-state index is 0.0129. The third-order valence-electron chi connectivity index (χ3n) is 7.72. The van der Waals surface area contributed by atoms with Crippen molar-refractivity contribution in [1.82, 2.24) is 0 Å². The fraction of sp³-hybridized carbons (Fsp3) is 0.957. The van der Waals surface area contributed by atoms with Gasteiger partial charge in [0.05, 0.1) is 0 Å². The van der Waals surface area contributed by atoms with E-state index >= 15 is 0 Å². The van der Waals surface area contributed by atoms with Gasteiger partial charge in [0.1, 0.15) is 0 Å². The van der Waals surface area contributed by atoms with Gasteiger partial charge in [-0.1, -0.05) is 77.0 Å². The van der Waals surface area contributed by atoms with Crippen LogP contribution in [0, 0.1) is 24.3 Å². The normalized spacial score (nSPS) is 27.0. The molecule has 0 amide bonds. The molecule has 24 heavy (non-hydrogen) atoms. The van der Waals surface area contributed by atoms with Crippen molar-refractivity contribution in [3.8, 4) is 0 Å². The summed E-state index contributed by atoms with van der Waals surface area (Å²) in [6, 6.07) is 0. The monoisotopic (exact) mass is 329 g/mol. The van der Waals surface area contributed by atoms with Crippen molar-refractivity contribution in [3.63, 3.8) is 0 Å². The zero-order valence-corrected chi connectivity index (χ0v) is 15.9. The molecule has 0 aromatic heterocycles. The average Bonchev–Trinajstić information content (AvgIpc) is 3.13. The Morgan fingerprint density at radius 1 is 0.458 bits per heavy atom. The molecule has 1 nitrogen and oxygen atoms in total. The maximum absolute atomic E-state index is 8.46. The van der Waals surface area contributed by atoms with E-state index in [0.717, 1.165) is 0 Å². The van der Waals surface area contributed by atoms with Crippen molar-refractivity contribution in [2.75, 3.05) is 0 Å². The Morgan fingerprint density at radius 2 is 0.708 bits per heavy atom. The zero-order valence-electron chi connectivity index (χ0n) is 15.9. The van der Waals surface area contributed by atoms with Crippen LogP contribution in [-0.4, -0.2) is 5.54 Å². The average molecular weight is 330 g/mol. The van der Waals surface area contributed by atoms with E-state index in [1.807, 2.05) is 0 Å². The third-order valence-corrected chi connectivity index (χ3v) is 7.72.